The average Bonchev–Trinajstić information content (AvgIpc) is 2.84. The molecule has 0 aliphatic rings. The van der Waals surface area contributed by atoms with Crippen LogP contribution < -0.4 is 9.47 Å². The molecule has 0 saturated heterocycles. The Morgan fingerprint density at radius 1 is 0.676 bits per heavy atom. The molecule has 190 valence electrons. The monoisotopic (exact) mass is 470 g/mol. The molecule has 0 aliphatic carbocycles. The standard InChI is InChI=1S/C31H47FO2/c1-4-6-7-8-9-10-11-12-13-14-15-16-24-33-29-21-18-27(19-22-29)28-20-23-31(30(32)25-28)34-26(3)17-5-2/h18-23,25-26H,4-17,24H2,1-3H3/t26-/m0/s1. The molecule has 1 atom stereocenters. The van der Waals surface area contributed by atoms with Crippen LogP contribution >= 0.6 is 0 Å². The number of benzene rings is 2. The van der Waals surface area contributed by atoms with Crippen LogP contribution in [0, 0.1) is 5.82 Å². The molecule has 0 N–H and O–H groups in total. The fourth-order valence-electron chi connectivity index (χ4n) is 4.33. The molecule has 2 rings (SSSR count). The highest BCUT2D eigenvalue weighted by molar-refractivity contribution is 5.65. The van der Waals surface area contributed by atoms with Crippen molar-refractivity contribution in [1.29, 1.82) is 0 Å². The van der Waals surface area contributed by atoms with Crippen LogP contribution in [0.4, 0.5) is 4.39 Å². The summed E-state index contributed by atoms with van der Waals surface area (Å²) in [5.41, 5.74) is 1.82. The molecule has 0 aromatic heterocycles. The van der Waals surface area contributed by atoms with Crippen LogP contribution in [0.15, 0.2) is 42.5 Å². The van der Waals surface area contributed by atoms with Gasteiger partial charge in [0.25, 0.3) is 0 Å². The van der Waals surface area contributed by atoms with Crippen LogP contribution in [-0.4, -0.2) is 12.7 Å². The largest absolute Gasteiger partial charge is 0.494 e. The number of hydrogen-bond acceptors (Lipinski definition) is 2. The van der Waals surface area contributed by atoms with Gasteiger partial charge in [-0.25, -0.2) is 4.39 Å². The van der Waals surface area contributed by atoms with Crippen molar-refractivity contribution >= 4 is 0 Å². The van der Waals surface area contributed by atoms with Gasteiger partial charge in [-0.3, -0.25) is 0 Å². The fraction of sp³-hybridized carbons (Fsp3) is 0.613. The highest BCUT2D eigenvalue weighted by Gasteiger charge is 2.10. The van der Waals surface area contributed by atoms with E-state index in [2.05, 4.69) is 13.8 Å². The first-order valence-electron chi connectivity index (χ1n) is 13.8. The molecule has 2 aromatic carbocycles. The molecule has 0 saturated carbocycles. The molecular weight excluding hydrogens is 423 g/mol. The highest BCUT2D eigenvalue weighted by atomic mass is 19.1. The van der Waals surface area contributed by atoms with Crippen molar-refractivity contribution in [2.75, 3.05) is 6.61 Å². The molecule has 0 amide bonds. The first kappa shape index (κ1) is 28.2. The van der Waals surface area contributed by atoms with Gasteiger partial charge in [-0.05, 0) is 55.2 Å². The van der Waals surface area contributed by atoms with Gasteiger partial charge in [0.1, 0.15) is 5.75 Å². The molecule has 3 heteroatoms. The fourth-order valence-corrected chi connectivity index (χ4v) is 4.33. The minimum atomic E-state index is -0.312. The van der Waals surface area contributed by atoms with Gasteiger partial charge in [-0.2, -0.15) is 0 Å². The third-order valence-electron chi connectivity index (χ3n) is 6.41. The Bertz CT molecular complexity index is 772. The second-order valence-corrected chi connectivity index (χ2v) is 9.62. The van der Waals surface area contributed by atoms with Crippen molar-refractivity contribution < 1.29 is 13.9 Å². The zero-order chi connectivity index (χ0) is 24.4. The highest BCUT2D eigenvalue weighted by Crippen LogP contribution is 2.28. The van der Waals surface area contributed by atoms with Crippen molar-refractivity contribution in [3.05, 3.63) is 48.3 Å². The number of hydrogen-bond donors (Lipinski definition) is 0. The summed E-state index contributed by atoms with van der Waals surface area (Å²) in [5, 5.41) is 0. The maximum absolute atomic E-state index is 14.5. The van der Waals surface area contributed by atoms with Gasteiger partial charge in [-0.1, -0.05) is 109 Å². The van der Waals surface area contributed by atoms with Crippen molar-refractivity contribution in [2.45, 2.75) is 117 Å². The van der Waals surface area contributed by atoms with E-state index in [1.165, 1.54) is 70.6 Å². The summed E-state index contributed by atoms with van der Waals surface area (Å²) < 4.78 is 26.1. The zero-order valence-electron chi connectivity index (χ0n) is 21.9. The van der Waals surface area contributed by atoms with Crippen LogP contribution in [0.5, 0.6) is 11.5 Å². The maximum Gasteiger partial charge on any atom is 0.165 e. The maximum atomic E-state index is 14.5. The average molecular weight is 471 g/mol. The third-order valence-corrected chi connectivity index (χ3v) is 6.41. The Kier molecular flexibility index (Phi) is 14.4. The molecule has 0 bridgehead atoms. The quantitative estimate of drug-likeness (QED) is 0.190. The van der Waals surface area contributed by atoms with Crippen LogP contribution in [-0.2, 0) is 0 Å². The number of rotatable bonds is 19. The second-order valence-electron chi connectivity index (χ2n) is 9.62. The Morgan fingerprint density at radius 2 is 1.24 bits per heavy atom. The molecule has 0 aliphatic heterocycles. The number of halogens is 1. The first-order valence-corrected chi connectivity index (χ1v) is 13.8. The molecule has 0 radical (unpaired) electrons. The van der Waals surface area contributed by atoms with Crippen molar-refractivity contribution in [1.82, 2.24) is 0 Å². The van der Waals surface area contributed by atoms with Crippen LogP contribution in [0.3, 0.4) is 0 Å². The lowest BCUT2D eigenvalue weighted by molar-refractivity contribution is 0.201. The van der Waals surface area contributed by atoms with Gasteiger partial charge in [-0.15, -0.1) is 0 Å². The third kappa shape index (κ3) is 11.4. The first-order chi connectivity index (χ1) is 16.6. The van der Waals surface area contributed by atoms with E-state index in [1.807, 2.05) is 37.3 Å². The Hall–Kier alpha value is -2.03. The van der Waals surface area contributed by atoms with Crippen molar-refractivity contribution in [2.24, 2.45) is 0 Å². The van der Waals surface area contributed by atoms with Gasteiger partial charge in [0.2, 0.25) is 0 Å². The van der Waals surface area contributed by atoms with Gasteiger partial charge < -0.3 is 9.47 Å². The predicted molar refractivity (Wildman–Crippen MR) is 143 cm³/mol. The molecule has 34 heavy (non-hydrogen) atoms. The van der Waals surface area contributed by atoms with Crippen molar-refractivity contribution in [3.63, 3.8) is 0 Å². The lowest BCUT2D eigenvalue weighted by atomic mass is 10.1. The van der Waals surface area contributed by atoms with E-state index in [9.17, 15) is 4.39 Å². The summed E-state index contributed by atoms with van der Waals surface area (Å²) in [7, 11) is 0. The Balaban J connectivity index is 1.60. The Morgan fingerprint density at radius 3 is 1.79 bits per heavy atom. The van der Waals surface area contributed by atoms with E-state index in [0.29, 0.717) is 5.75 Å². The van der Waals surface area contributed by atoms with Crippen LogP contribution in [0.1, 0.15) is 111 Å². The molecule has 2 aromatic rings. The summed E-state index contributed by atoms with van der Waals surface area (Å²) in [5.74, 6) is 0.889. The minimum absolute atomic E-state index is 0.0203. The summed E-state index contributed by atoms with van der Waals surface area (Å²) in [6, 6.07) is 13.1. The molecule has 0 spiro atoms. The molecule has 0 heterocycles. The molecule has 0 fully saturated rings. The normalized spacial score (nSPS) is 12.0. The summed E-state index contributed by atoms with van der Waals surface area (Å²) in [6.45, 7) is 7.11. The van der Waals surface area contributed by atoms with E-state index in [-0.39, 0.29) is 11.9 Å². The topological polar surface area (TPSA) is 18.5 Å². The van der Waals surface area contributed by atoms with Gasteiger partial charge >= 0.3 is 0 Å². The SMILES string of the molecule is CCCCCCCCCCCCCCOc1ccc(-c2ccc(O[C@@H](C)CCC)c(F)c2)cc1. The van der Waals surface area contributed by atoms with Crippen molar-refractivity contribution in [3.8, 4) is 22.6 Å². The zero-order valence-corrected chi connectivity index (χ0v) is 21.9. The number of unbranched alkanes of at least 4 members (excludes halogenated alkanes) is 11. The summed E-state index contributed by atoms with van der Waals surface area (Å²) in [6.07, 6.45) is 18.1. The predicted octanol–water partition coefficient (Wildman–Crippen LogP) is 10.1. The van der Waals surface area contributed by atoms with E-state index in [0.717, 1.165) is 42.7 Å². The number of ether oxygens (including phenoxy) is 2. The smallest absolute Gasteiger partial charge is 0.165 e. The van der Waals surface area contributed by atoms with E-state index in [4.69, 9.17) is 9.47 Å². The Labute approximate surface area is 208 Å². The summed E-state index contributed by atoms with van der Waals surface area (Å²) in [4.78, 5) is 0. The van der Waals surface area contributed by atoms with E-state index in [1.54, 1.807) is 12.1 Å². The van der Waals surface area contributed by atoms with Gasteiger partial charge in [0.05, 0.1) is 12.7 Å². The van der Waals surface area contributed by atoms with Crippen LogP contribution in [0.2, 0.25) is 0 Å². The lowest BCUT2D eigenvalue weighted by Crippen LogP contribution is -2.11. The second kappa shape index (κ2) is 17.4. The summed E-state index contributed by atoms with van der Waals surface area (Å²) >= 11 is 0. The van der Waals surface area contributed by atoms with E-state index < -0.39 is 0 Å². The van der Waals surface area contributed by atoms with E-state index >= 15 is 0 Å². The van der Waals surface area contributed by atoms with Gasteiger partial charge in [0.15, 0.2) is 11.6 Å². The minimum Gasteiger partial charge on any atom is -0.494 e. The molecule has 2 nitrogen and oxygen atoms in total. The molecule has 0 unspecified atom stereocenters. The van der Waals surface area contributed by atoms with Crippen LogP contribution in [0.25, 0.3) is 11.1 Å². The van der Waals surface area contributed by atoms with Gasteiger partial charge in [0, 0.05) is 0 Å². The molecular formula is C31H47FO2. The lowest BCUT2D eigenvalue weighted by Gasteiger charge is -2.15.